The fourth-order valence-electron chi connectivity index (χ4n) is 3.61. The van der Waals surface area contributed by atoms with Crippen molar-refractivity contribution in [1.29, 1.82) is 0 Å². The average Bonchev–Trinajstić information content (AvgIpc) is 3.23. The van der Waals surface area contributed by atoms with Crippen molar-refractivity contribution in [2.75, 3.05) is 18.4 Å². The van der Waals surface area contributed by atoms with Crippen molar-refractivity contribution >= 4 is 29.3 Å². The highest BCUT2D eigenvalue weighted by Crippen LogP contribution is 2.34. The summed E-state index contributed by atoms with van der Waals surface area (Å²) in [6.07, 6.45) is 3.90. The number of piperidine rings is 1. The number of rotatable bonds is 6. The molecule has 0 aliphatic carbocycles. The van der Waals surface area contributed by atoms with Gasteiger partial charge >= 0.3 is 0 Å². The molecule has 2 aromatic heterocycles. The largest absolute Gasteiger partial charge is 0.393 e. The van der Waals surface area contributed by atoms with Gasteiger partial charge in [0.25, 0.3) is 11.8 Å². The smallest absolute Gasteiger partial charge is 0.274 e. The van der Waals surface area contributed by atoms with Gasteiger partial charge in [0.15, 0.2) is 5.16 Å². The maximum absolute atomic E-state index is 12.8. The van der Waals surface area contributed by atoms with E-state index in [9.17, 15) is 14.7 Å². The number of nitrogens with zero attached hydrogens (tertiary/aromatic N) is 5. The molecule has 1 fully saturated rings. The lowest BCUT2D eigenvalue weighted by Gasteiger charge is -2.29. The van der Waals surface area contributed by atoms with Gasteiger partial charge in [-0.05, 0) is 49.6 Å². The third-order valence-corrected chi connectivity index (χ3v) is 6.76. The van der Waals surface area contributed by atoms with E-state index in [0.717, 1.165) is 10.7 Å². The lowest BCUT2D eigenvalue weighted by molar-refractivity contribution is 0.0546. The summed E-state index contributed by atoms with van der Waals surface area (Å²) in [6, 6.07) is 10.7. The van der Waals surface area contributed by atoms with Crippen molar-refractivity contribution in [1.82, 2.24) is 24.6 Å². The number of hydrogen-bond acceptors (Lipinski definition) is 7. The van der Waals surface area contributed by atoms with Crippen molar-refractivity contribution in [3.05, 3.63) is 65.7 Å². The maximum atomic E-state index is 12.8. The molecule has 0 saturated carbocycles. The van der Waals surface area contributed by atoms with Gasteiger partial charge in [-0.15, -0.1) is 10.2 Å². The molecular formula is C23H26N6O3S. The van der Waals surface area contributed by atoms with Crippen LogP contribution in [-0.4, -0.2) is 60.8 Å². The Morgan fingerprint density at radius 3 is 2.73 bits per heavy atom. The summed E-state index contributed by atoms with van der Waals surface area (Å²) in [5.41, 5.74) is 2.26. The van der Waals surface area contributed by atoms with E-state index in [1.807, 2.05) is 35.9 Å². The molecule has 1 aliphatic heterocycles. The Balaban J connectivity index is 1.43. The molecule has 9 nitrogen and oxygen atoms in total. The van der Waals surface area contributed by atoms with Crippen molar-refractivity contribution < 1.29 is 14.7 Å². The van der Waals surface area contributed by atoms with Crippen LogP contribution in [-0.2, 0) is 7.05 Å². The minimum absolute atomic E-state index is 0.104. The molecule has 0 radical (unpaired) electrons. The first-order valence-corrected chi connectivity index (χ1v) is 11.6. The molecule has 2 amide bonds. The number of pyridine rings is 1. The number of nitrogens with one attached hydrogen (secondary N) is 1. The van der Waals surface area contributed by atoms with Gasteiger partial charge in [-0.2, -0.15) is 0 Å². The second-order valence-corrected chi connectivity index (χ2v) is 9.33. The van der Waals surface area contributed by atoms with Crippen LogP contribution in [0.3, 0.4) is 0 Å². The van der Waals surface area contributed by atoms with Crippen LogP contribution in [0.15, 0.2) is 54.1 Å². The fourth-order valence-corrected chi connectivity index (χ4v) is 4.52. The maximum Gasteiger partial charge on any atom is 0.274 e. The predicted molar refractivity (Wildman–Crippen MR) is 125 cm³/mol. The lowest BCUT2D eigenvalue weighted by atomic mass is 10.1. The summed E-state index contributed by atoms with van der Waals surface area (Å²) in [5.74, 6) is -0.542. The van der Waals surface area contributed by atoms with E-state index in [0.29, 0.717) is 37.2 Å². The number of aliphatic hydroxyl groups is 1. The first-order chi connectivity index (χ1) is 15.9. The second-order valence-electron chi connectivity index (χ2n) is 8.02. The zero-order chi connectivity index (χ0) is 23.4. The van der Waals surface area contributed by atoms with Gasteiger partial charge in [-0.25, -0.2) is 0 Å². The highest BCUT2D eigenvalue weighted by atomic mass is 32.2. The molecule has 33 heavy (non-hydrogen) atoms. The molecule has 172 valence electrons. The number of carbonyl (C=O) groups is 2. The molecule has 1 aromatic carbocycles. The van der Waals surface area contributed by atoms with E-state index in [1.165, 1.54) is 12.3 Å². The SMILES string of the molecule is C[C@H](Sc1nncn1C)c1cccc(NC(=O)c2cc(C(=O)N3CCC(O)CC3)ccn2)c1. The number of likely N-dealkylation sites (tertiary alicyclic amines) is 1. The zero-order valence-electron chi connectivity index (χ0n) is 18.5. The quantitative estimate of drug-likeness (QED) is 0.537. The predicted octanol–water partition coefficient (Wildman–Crippen LogP) is 2.91. The van der Waals surface area contributed by atoms with E-state index in [1.54, 1.807) is 29.1 Å². The Morgan fingerprint density at radius 1 is 1.21 bits per heavy atom. The van der Waals surface area contributed by atoms with E-state index in [4.69, 9.17) is 0 Å². The standard InChI is InChI=1S/C23H26N6O3S/c1-15(33-23-27-25-14-28(23)2)16-4-3-5-18(12-16)26-21(31)20-13-17(6-9-24-20)22(32)29-10-7-19(30)8-11-29/h3-6,9,12-15,19,30H,7-8,10-11H2,1-2H3,(H,26,31)/t15-/m0/s1. The second kappa shape index (κ2) is 10.1. The molecule has 0 spiro atoms. The molecule has 1 aliphatic rings. The number of carbonyl (C=O) groups excluding carboxylic acids is 2. The highest BCUT2D eigenvalue weighted by Gasteiger charge is 2.23. The topological polar surface area (TPSA) is 113 Å². The Morgan fingerprint density at radius 2 is 2.00 bits per heavy atom. The first kappa shape index (κ1) is 22.9. The zero-order valence-corrected chi connectivity index (χ0v) is 19.3. The number of aliphatic hydroxyl groups excluding tert-OH is 1. The molecule has 3 heterocycles. The van der Waals surface area contributed by atoms with Crippen LogP contribution in [0.5, 0.6) is 0 Å². The monoisotopic (exact) mass is 466 g/mol. The first-order valence-electron chi connectivity index (χ1n) is 10.8. The van der Waals surface area contributed by atoms with E-state index in [-0.39, 0.29) is 28.9 Å². The fraction of sp³-hybridized carbons (Fsp3) is 0.348. The van der Waals surface area contributed by atoms with Gasteiger partial charge in [0.05, 0.1) is 6.10 Å². The number of aryl methyl sites for hydroxylation is 1. The van der Waals surface area contributed by atoms with Crippen LogP contribution in [0.2, 0.25) is 0 Å². The Labute approximate surface area is 196 Å². The van der Waals surface area contributed by atoms with Crippen LogP contribution in [0.1, 0.15) is 51.4 Å². The van der Waals surface area contributed by atoms with Gasteiger partial charge in [0.1, 0.15) is 12.0 Å². The summed E-state index contributed by atoms with van der Waals surface area (Å²) in [7, 11) is 1.90. The number of aromatic nitrogens is 4. The van der Waals surface area contributed by atoms with Crippen LogP contribution in [0, 0.1) is 0 Å². The summed E-state index contributed by atoms with van der Waals surface area (Å²) in [4.78, 5) is 31.5. The van der Waals surface area contributed by atoms with Crippen LogP contribution in [0.25, 0.3) is 0 Å². The molecule has 0 unspecified atom stereocenters. The molecule has 4 rings (SSSR count). The highest BCUT2D eigenvalue weighted by molar-refractivity contribution is 7.99. The number of amides is 2. The number of thioether (sulfide) groups is 1. The normalized spacial score (nSPS) is 15.3. The van der Waals surface area contributed by atoms with Crippen LogP contribution >= 0.6 is 11.8 Å². The molecule has 3 aromatic rings. The lowest BCUT2D eigenvalue weighted by Crippen LogP contribution is -2.40. The Bertz CT molecular complexity index is 1140. The molecule has 1 saturated heterocycles. The molecule has 1 atom stereocenters. The van der Waals surface area contributed by atoms with Crippen molar-refractivity contribution in [2.24, 2.45) is 7.05 Å². The Kier molecular flexibility index (Phi) is 7.05. The molecule has 10 heteroatoms. The van der Waals surface area contributed by atoms with Gasteiger partial charge in [-0.3, -0.25) is 14.6 Å². The minimum atomic E-state index is -0.385. The summed E-state index contributed by atoms with van der Waals surface area (Å²) < 4.78 is 1.86. The number of hydrogen-bond donors (Lipinski definition) is 2. The van der Waals surface area contributed by atoms with Gasteiger partial charge in [0, 0.05) is 42.8 Å². The Hall–Kier alpha value is -3.24. The average molecular weight is 467 g/mol. The summed E-state index contributed by atoms with van der Waals surface area (Å²) in [5, 5.41) is 21.5. The van der Waals surface area contributed by atoms with E-state index < -0.39 is 0 Å². The van der Waals surface area contributed by atoms with Gasteiger partial charge in [-0.1, -0.05) is 23.9 Å². The van der Waals surface area contributed by atoms with Gasteiger partial charge in [0.2, 0.25) is 0 Å². The minimum Gasteiger partial charge on any atom is -0.393 e. The number of benzene rings is 1. The van der Waals surface area contributed by atoms with Crippen LogP contribution in [0.4, 0.5) is 5.69 Å². The summed E-state index contributed by atoms with van der Waals surface area (Å²) >= 11 is 1.58. The van der Waals surface area contributed by atoms with E-state index in [2.05, 4.69) is 27.4 Å². The molecular weight excluding hydrogens is 440 g/mol. The summed E-state index contributed by atoms with van der Waals surface area (Å²) in [6.45, 7) is 3.07. The van der Waals surface area contributed by atoms with Crippen LogP contribution < -0.4 is 5.32 Å². The van der Waals surface area contributed by atoms with Gasteiger partial charge < -0.3 is 19.9 Å². The third-order valence-electron chi connectivity index (χ3n) is 5.56. The molecule has 0 bridgehead atoms. The molecule has 2 N–H and O–H groups in total. The van der Waals surface area contributed by atoms with E-state index >= 15 is 0 Å². The number of anilines is 1. The van der Waals surface area contributed by atoms with Crippen molar-refractivity contribution in [3.8, 4) is 0 Å². The van der Waals surface area contributed by atoms with Crippen molar-refractivity contribution in [2.45, 2.75) is 36.3 Å². The van der Waals surface area contributed by atoms with Crippen molar-refractivity contribution in [3.63, 3.8) is 0 Å². The third kappa shape index (κ3) is 5.58.